The molecule has 0 unspecified atom stereocenters. The lowest BCUT2D eigenvalue weighted by atomic mass is 9.97. The Bertz CT molecular complexity index is 1250. The highest BCUT2D eigenvalue weighted by molar-refractivity contribution is 5.98. The Morgan fingerprint density at radius 1 is 1.19 bits per heavy atom. The molecule has 0 aliphatic rings. The number of nitrogens with zero attached hydrogens (tertiary/aromatic N) is 4. The number of nitrogens with two attached hydrogens (primary N) is 1. The number of aryl methyl sites for hydroxylation is 1. The van der Waals surface area contributed by atoms with Gasteiger partial charge in [-0.05, 0) is 17.7 Å². The maximum absolute atomic E-state index is 12.8. The number of ether oxygens (including phenoxy) is 1. The SMILES string of the molecule is COC(=O)c1ccc(-c2c(C#N)c(N)nc3c2c(=O)n(C)c(=O)n3C)cc1. The van der Waals surface area contributed by atoms with E-state index in [-0.39, 0.29) is 28.0 Å². The van der Waals surface area contributed by atoms with E-state index in [1.165, 1.54) is 37.9 Å². The predicted octanol–water partition coefficient (Wildman–Crippen LogP) is 0.540. The smallest absolute Gasteiger partial charge is 0.337 e. The van der Waals surface area contributed by atoms with E-state index < -0.39 is 17.2 Å². The van der Waals surface area contributed by atoms with Crippen molar-refractivity contribution in [1.82, 2.24) is 14.1 Å². The average molecular weight is 365 g/mol. The van der Waals surface area contributed by atoms with E-state index in [9.17, 15) is 19.6 Å². The Morgan fingerprint density at radius 2 is 1.81 bits per heavy atom. The fourth-order valence-electron chi connectivity index (χ4n) is 2.90. The van der Waals surface area contributed by atoms with E-state index in [0.717, 1.165) is 4.57 Å². The summed E-state index contributed by atoms with van der Waals surface area (Å²) < 4.78 is 6.80. The number of rotatable bonds is 2. The summed E-state index contributed by atoms with van der Waals surface area (Å²) >= 11 is 0. The number of aromatic nitrogens is 3. The highest BCUT2D eigenvalue weighted by Crippen LogP contribution is 2.31. The number of pyridine rings is 1. The van der Waals surface area contributed by atoms with Crippen molar-refractivity contribution in [3.8, 4) is 17.2 Å². The molecule has 0 spiro atoms. The monoisotopic (exact) mass is 365 g/mol. The van der Waals surface area contributed by atoms with Gasteiger partial charge >= 0.3 is 11.7 Å². The minimum atomic E-state index is -0.593. The Hall–Kier alpha value is -3.93. The van der Waals surface area contributed by atoms with Crippen LogP contribution < -0.4 is 17.0 Å². The number of hydrogen-bond donors (Lipinski definition) is 1. The third kappa shape index (κ3) is 2.64. The predicted molar refractivity (Wildman–Crippen MR) is 98.1 cm³/mol. The number of benzene rings is 1. The summed E-state index contributed by atoms with van der Waals surface area (Å²) in [5.41, 5.74) is 5.90. The van der Waals surface area contributed by atoms with Gasteiger partial charge in [-0.3, -0.25) is 13.9 Å². The van der Waals surface area contributed by atoms with Crippen molar-refractivity contribution in [3.05, 3.63) is 56.2 Å². The number of carbonyl (C=O) groups excluding carboxylic acids is 1. The lowest BCUT2D eigenvalue weighted by Crippen LogP contribution is -2.37. The van der Waals surface area contributed by atoms with Crippen LogP contribution in [-0.4, -0.2) is 27.2 Å². The molecule has 0 amide bonds. The number of nitrogen functional groups attached to an aromatic ring is 1. The second-order valence-electron chi connectivity index (χ2n) is 5.83. The molecule has 9 heteroatoms. The molecule has 136 valence electrons. The van der Waals surface area contributed by atoms with E-state index in [1.54, 1.807) is 12.1 Å². The highest BCUT2D eigenvalue weighted by atomic mass is 16.5. The number of hydrogen-bond acceptors (Lipinski definition) is 7. The van der Waals surface area contributed by atoms with Crippen LogP contribution in [0.25, 0.3) is 22.2 Å². The molecule has 0 radical (unpaired) electrons. The average Bonchev–Trinajstić information content (AvgIpc) is 2.69. The first-order valence-corrected chi connectivity index (χ1v) is 7.79. The van der Waals surface area contributed by atoms with Crippen LogP contribution in [0, 0.1) is 11.3 Å². The fraction of sp³-hybridized carbons (Fsp3) is 0.167. The van der Waals surface area contributed by atoms with Crippen LogP contribution >= 0.6 is 0 Å². The zero-order valence-electron chi connectivity index (χ0n) is 14.8. The summed E-state index contributed by atoms with van der Waals surface area (Å²) in [5.74, 6) is -0.611. The second-order valence-corrected chi connectivity index (χ2v) is 5.83. The number of methoxy groups -OCH3 is 1. The van der Waals surface area contributed by atoms with E-state index in [0.29, 0.717) is 11.1 Å². The molecule has 27 heavy (non-hydrogen) atoms. The van der Waals surface area contributed by atoms with Crippen LogP contribution in [0.15, 0.2) is 33.9 Å². The van der Waals surface area contributed by atoms with Gasteiger partial charge in [0, 0.05) is 19.7 Å². The Kier molecular flexibility index (Phi) is 4.25. The van der Waals surface area contributed by atoms with Crippen molar-refractivity contribution in [3.63, 3.8) is 0 Å². The molecule has 0 saturated heterocycles. The third-order valence-electron chi connectivity index (χ3n) is 4.32. The minimum Gasteiger partial charge on any atom is -0.465 e. The molecule has 0 bridgehead atoms. The molecular formula is C18H15N5O4. The summed E-state index contributed by atoms with van der Waals surface area (Å²) in [4.78, 5) is 40.7. The van der Waals surface area contributed by atoms with Gasteiger partial charge in [0.05, 0.1) is 18.1 Å². The molecule has 0 fully saturated rings. The van der Waals surface area contributed by atoms with Gasteiger partial charge in [0.2, 0.25) is 0 Å². The number of esters is 1. The van der Waals surface area contributed by atoms with Gasteiger partial charge in [0.25, 0.3) is 5.56 Å². The molecule has 2 aromatic heterocycles. The van der Waals surface area contributed by atoms with Crippen LogP contribution in [0.1, 0.15) is 15.9 Å². The molecule has 3 aromatic rings. The topological polar surface area (TPSA) is 133 Å². The molecule has 1 aromatic carbocycles. The zero-order chi connectivity index (χ0) is 19.9. The van der Waals surface area contributed by atoms with Gasteiger partial charge in [-0.2, -0.15) is 5.26 Å². The van der Waals surface area contributed by atoms with Gasteiger partial charge < -0.3 is 10.5 Å². The van der Waals surface area contributed by atoms with Gasteiger partial charge in [-0.25, -0.2) is 14.6 Å². The van der Waals surface area contributed by atoms with Gasteiger partial charge in [0.15, 0.2) is 5.65 Å². The Morgan fingerprint density at radius 3 is 2.37 bits per heavy atom. The molecule has 0 aliphatic carbocycles. The van der Waals surface area contributed by atoms with Crippen molar-refractivity contribution in [2.75, 3.05) is 12.8 Å². The summed E-state index contributed by atoms with van der Waals surface area (Å²) in [5, 5.41) is 9.66. The number of nitriles is 1. The van der Waals surface area contributed by atoms with Gasteiger partial charge in [-0.15, -0.1) is 0 Å². The Labute approximate surface area is 152 Å². The van der Waals surface area contributed by atoms with Gasteiger partial charge in [0.1, 0.15) is 17.5 Å². The normalized spacial score (nSPS) is 10.6. The first-order chi connectivity index (χ1) is 12.8. The van der Waals surface area contributed by atoms with E-state index in [1.807, 2.05) is 6.07 Å². The van der Waals surface area contributed by atoms with Gasteiger partial charge in [-0.1, -0.05) is 12.1 Å². The molecule has 3 rings (SSSR count). The maximum atomic E-state index is 12.8. The van der Waals surface area contributed by atoms with Crippen LogP contribution in [0.4, 0.5) is 5.82 Å². The standard InChI is InChI=1S/C18H15N5O4/c1-22-15-13(16(24)23(2)18(22)26)12(11(8-19)14(20)21-15)9-4-6-10(7-5-9)17(25)27-3/h4-7H,1-3H3,(H2,20,21). The van der Waals surface area contributed by atoms with Crippen molar-refractivity contribution in [1.29, 1.82) is 5.26 Å². The van der Waals surface area contributed by atoms with Crippen molar-refractivity contribution in [2.45, 2.75) is 0 Å². The van der Waals surface area contributed by atoms with E-state index in [2.05, 4.69) is 9.72 Å². The second kappa shape index (κ2) is 6.42. The summed E-state index contributed by atoms with van der Waals surface area (Å²) in [7, 11) is 4.08. The number of fused-ring (bicyclic) bond motifs is 1. The molecule has 2 heterocycles. The molecule has 0 saturated carbocycles. The first kappa shape index (κ1) is 17.9. The van der Waals surface area contributed by atoms with Crippen LogP contribution in [-0.2, 0) is 18.8 Å². The third-order valence-corrected chi connectivity index (χ3v) is 4.32. The van der Waals surface area contributed by atoms with E-state index >= 15 is 0 Å². The molecule has 9 nitrogen and oxygen atoms in total. The van der Waals surface area contributed by atoms with Crippen LogP contribution in [0.5, 0.6) is 0 Å². The lowest BCUT2D eigenvalue weighted by molar-refractivity contribution is 0.0601. The molecule has 0 aliphatic heterocycles. The largest absolute Gasteiger partial charge is 0.465 e. The Balaban J connectivity index is 2.48. The number of carbonyl (C=O) groups is 1. The molecular weight excluding hydrogens is 350 g/mol. The van der Waals surface area contributed by atoms with E-state index in [4.69, 9.17) is 5.73 Å². The summed E-state index contributed by atoms with van der Waals surface area (Å²) in [6.45, 7) is 0. The summed E-state index contributed by atoms with van der Waals surface area (Å²) in [6, 6.07) is 8.14. The quantitative estimate of drug-likeness (QED) is 0.655. The maximum Gasteiger partial charge on any atom is 0.337 e. The molecule has 2 N–H and O–H groups in total. The summed E-state index contributed by atoms with van der Waals surface area (Å²) in [6.07, 6.45) is 0. The zero-order valence-corrected chi connectivity index (χ0v) is 14.8. The minimum absolute atomic E-state index is 0.0177. The molecule has 0 atom stereocenters. The lowest BCUT2D eigenvalue weighted by Gasteiger charge is -2.14. The first-order valence-electron chi connectivity index (χ1n) is 7.79. The van der Waals surface area contributed by atoms with Crippen molar-refractivity contribution in [2.24, 2.45) is 14.1 Å². The number of anilines is 1. The fourth-order valence-corrected chi connectivity index (χ4v) is 2.90. The van der Waals surface area contributed by atoms with Crippen LogP contribution in [0.2, 0.25) is 0 Å². The van der Waals surface area contributed by atoms with Crippen molar-refractivity contribution < 1.29 is 9.53 Å². The van der Waals surface area contributed by atoms with Crippen molar-refractivity contribution >= 4 is 22.8 Å². The van der Waals surface area contributed by atoms with Crippen LogP contribution in [0.3, 0.4) is 0 Å². The highest BCUT2D eigenvalue weighted by Gasteiger charge is 2.21.